The third kappa shape index (κ3) is 2.55. The Bertz CT molecular complexity index is 378. The van der Waals surface area contributed by atoms with Gasteiger partial charge in [-0.2, -0.15) is 0 Å². The van der Waals surface area contributed by atoms with Gasteiger partial charge in [0, 0.05) is 18.5 Å². The molecule has 2 rings (SSSR count). The fourth-order valence-corrected chi connectivity index (χ4v) is 2.53. The molecule has 1 N–H and O–H groups in total. The lowest BCUT2D eigenvalue weighted by atomic mass is 9.82. The Kier molecular flexibility index (Phi) is 3.89. The predicted molar refractivity (Wildman–Crippen MR) is 68.9 cm³/mol. The Morgan fingerprint density at radius 2 is 2.06 bits per heavy atom. The number of nitrogens with one attached hydrogen (secondary N) is 1. The van der Waals surface area contributed by atoms with E-state index in [9.17, 15) is 0 Å². The van der Waals surface area contributed by atoms with Gasteiger partial charge in [-0.1, -0.05) is 13.0 Å². The minimum Gasteiger partial charge on any atom is -0.497 e. The highest BCUT2D eigenvalue weighted by molar-refractivity contribution is 5.43. The van der Waals surface area contributed by atoms with Gasteiger partial charge in [-0.25, -0.2) is 0 Å². The lowest BCUT2D eigenvalue weighted by Gasteiger charge is -2.31. The summed E-state index contributed by atoms with van der Waals surface area (Å²) in [6.07, 6.45) is 1.22. The van der Waals surface area contributed by atoms with Gasteiger partial charge < -0.3 is 14.8 Å². The third-order valence-corrected chi connectivity index (χ3v) is 3.67. The van der Waals surface area contributed by atoms with E-state index in [4.69, 9.17) is 9.47 Å². The van der Waals surface area contributed by atoms with E-state index >= 15 is 0 Å². The molecule has 1 aliphatic rings. The van der Waals surface area contributed by atoms with E-state index in [1.54, 1.807) is 14.2 Å². The molecule has 0 saturated carbocycles. The molecule has 17 heavy (non-hydrogen) atoms. The van der Waals surface area contributed by atoms with E-state index < -0.39 is 0 Å². The van der Waals surface area contributed by atoms with E-state index in [-0.39, 0.29) is 0 Å². The Morgan fingerprint density at radius 3 is 2.71 bits per heavy atom. The molecule has 0 amide bonds. The van der Waals surface area contributed by atoms with Gasteiger partial charge >= 0.3 is 0 Å². The molecular formula is C14H21NO2. The Labute approximate surface area is 103 Å². The summed E-state index contributed by atoms with van der Waals surface area (Å²) < 4.78 is 10.7. The number of hydrogen-bond acceptors (Lipinski definition) is 3. The molecule has 1 aliphatic heterocycles. The fourth-order valence-electron chi connectivity index (χ4n) is 2.53. The quantitative estimate of drug-likeness (QED) is 0.872. The molecule has 2 atom stereocenters. The number of piperidine rings is 1. The van der Waals surface area contributed by atoms with Gasteiger partial charge in [0.15, 0.2) is 0 Å². The SMILES string of the molecule is COc1ccc(C2CNCCC2C)c(OC)c1. The number of ether oxygens (including phenoxy) is 2. The normalized spacial score (nSPS) is 24.4. The minimum atomic E-state index is 0.532. The van der Waals surface area contributed by atoms with Crippen molar-refractivity contribution in [1.29, 1.82) is 0 Å². The first-order valence-corrected chi connectivity index (χ1v) is 6.19. The molecular weight excluding hydrogens is 214 g/mol. The summed E-state index contributed by atoms with van der Waals surface area (Å²) in [4.78, 5) is 0. The van der Waals surface area contributed by atoms with Crippen LogP contribution >= 0.6 is 0 Å². The molecule has 0 spiro atoms. The van der Waals surface area contributed by atoms with Crippen LogP contribution in [-0.4, -0.2) is 27.3 Å². The monoisotopic (exact) mass is 235 g/mol. The van der Waals surface area contributed by atoms with Crippen LogP contribution in [0.5, 0.6) is 11.5 Å². The molecule has 0 radical (unpaired) electrons. The van der Waals surface area contributed by atoms with E-state index in [0.717, 1.165) is 24.6 Å². The maximum absolute atomic E-state index is 5.48. The molecule has 2 unspecified atom stereocenters. The highest BCUT2D eigenvalue weighted by Gasteiger charge is 2.25. The molecule has 1 aromatic rings. The van der Waals surface area contributed by atoms with Crippen molar-refractivity contribution in [3.8, 4) is 11.5 Å². The molecule has 1 fully saturated rings. The molecule has 94 valence electrons. The summed E-state index contributed by atoms with van der Waals surface area (Å²) in [5, 5.41) is 3.46. The van der Waals surface area contributed by atoms with Gasteiger partial charge in [0.25, 0.3) is 0 Å². The first kappa shape index (κ1) is 12.2. The van der Waals surface area contributed by atoms with Crippen molar-refractivity contribution in [3.05, 3.63) is 23.8 Å². The molecule has 1 saturated heterocycles. The van der Waals surface area contributed by atoms with E-state index in [1.807, 2.05) is 12.1 Å². The van der Waals surface area contributed by atoms with Crippen LogP contribution in [0.15, 0.2) is 18.2 Å². The van der Waals surface area contributed by atoms with E-state index in [2.05, 4.69) is 18.3 Å². The van der Waals surface area contributed by atoms with Crippen LogP contribution in [-0.2, 0) is 0 Å². The zero-order valence-corrected chi connectivity index (χ0v) is 10.8. The summed E-state index contributed by atoms with van der Waals surface area (Å²) in [7, 11) is 3.40. The average Bonchev–Trinajstić information content (AvgIpc) is 2.38. The zero-order chi connectivity index (χ0) is 12.3. The lowest BCUT2D eigenvalue weighted by Crippen LogP contribution is -2.34. The summed E-state index contributed by atoms with van der Waals surface area (Å²) >= 11 is 0. The molecule has 0 bridgehead atoms. The van der Waals surface area contributed by atoms with Crippen LogP contribution in [0.4, 0.5) is 0 Å². The topological polar surface area (TPSA) is 30.5 Å². The zero-order valence-electron chi connectivity index (χ0n) is 10.8. The van der Waals surface area contributed by atoms with Crippen molar-refractivity contribution in [2.45, 2.75) is 19.3 Å². The highest BCUT2D eigenvalue weighted by atomic mass is 16.5. The fraction of sp³-hybridized carbons (Fsp3) is 0.571. The van der Waals surface area contributed by atoms with E-state index in [0.29, 0.717) is 11.8 Å². The minimum absolute atomic E-state index is 0.532. The van der Waals surface area contributed by atoms with Gasteiger partial charge in [0.05, 0.1) is 14.2 Å². The Balaban J connectivity index is 2.30. The molecule has 1 heterocycles. The van der Waals surface area contributed by atoms with Crippen LogP contribution in [0.2, 0.25) is 0 Å². The molecule has 0 aromatic heterocycles. The summed E-state index contributed by atoms with van der Waals surface area (Å²) in [5.41, 5.74) is 1.29. The first-order valence-electron chi connectivity index (χ1n) is 6.19. The number of benzene rings is 1. The second kappa shape index (κ2) is 5.41. The van der Waals surface area contributed by atoms with Crippen LogP contribution < -0.4 is 14.8 Å². The number of methoxy groups -OCH3 is 2. The number of hydrogen-bond donors (Lipinski definition) is 1. The van der Waals surface area contributed by atoms with Crippen molar-refractivity contribution in [2.75, 3.05) is 27.3 Å². The average molecular weight is 235 g/mol. The van der Waals surface area contributed by atoms with Gasteiger partial charge in [-0.05, 0) is 30.5 Å². The van der Waals surface area contributed by atoms with Crippen molar-refractivity contribution < 1.29 is 9.47 Å². The second-order valence-electron chi connectivity index (χ2n) is 4.68. The standard InChI is InChI=1S/C14H21NO2/c1-10-6-7-15-9-13(10)12-5-4-11(16-2)8-14(12)17-3/h4-5,8,10,13,15H,6-7,9H2,1-3H3. The predicted octanol–water partition coefficient (Wildman–Crippen LogP) is 2.42. The summed E-state index contributed by atoms with van der Waals surface area (Å²) in [6, 6.07) is 6.11. The van der Waals surface area contributed by atoms with Gasteiger partial charge in [-0.3, -0.25) is 0 Å². The number of rotatable bonds is 3. The summed E-state index contributed by atoms with van der Waals surface area (Å²) in [6.45, 7) is 4.47. The van der Waals surface area contributed by atoms with Gasteiger partial charge in [-0.15, -0.1) is 0 Å². The summed E-state index contributed by atoms with van der Waals surface area (Å²) in [5.74, 6) is 3.01. The van der Waals surface area contributed by atoms with Crippen molar-refractivity contribution in [3.63, 3.8) is 0 Å². The lowest BCUT2D eigenvalue weighted by molar-refractivity contribution is 0.331. The molecule has 1 aromatic carbocycles. The molecule has 3 heteroatoms. The Hall–Kier alpha value is -1.22. The molecule has 3 nitrogen and oxygen atoms in total. The van der Waals surface area contributed by atoms with Crippen LogP contribution in [0.1, 0.15) is 24.8 Å². The van der Waals surface area contributed by atoms with Gasteiger partial charge in [0.1, 0.15) is 11.5 Å². The van der Waals surface area contributed by atoms with Gasteiger partial charge in [0.2, 0.25) is 0 Å². The van der Waals surface area contributed by atoms with Crippen molar-refractivity contribution in [1.82, 2.24) is 5.32 Å². The van der Waals surface area contributed by atoms with Crippen molar-refractivity contribution >= 4 is 0 Å². The van der Waals surface area contributed by atoms with Crippen LogP contribution in [0, 0.1) is 5.92 Å². The first-order chi connectivity index (χ1) is 8.26. The van der Waals surface area contributed by atoms with Crippen LogP contribution in [0.25, 0.3) is 0 Å². The maximum Gasteiger partial charge on any atom is 0.126 e. The Morgan fingerprint density at radius 1 is 1.24 bits per heavy atom. The smallest absolute Gasteiger partial charge is 0.126 e. The third-order valence-electron chi connectivity index (χ3n) is 3.67. The molecule has 0 aliphatic carbocycles. The van der Waals surface area contributed by atoms with Crippen molar-refractivity contribution in [2.24, 2.45) is 5.92 Å². The highest BCUT2D eigenvalue weighted by Crippen LogP contribution is 2.36. The van der Waals surface area contributed by atoms with Crippen LogP contribution in [0.3, 0.4) is 0 Å². The second-order valence-corrected chi connectivity index (χ2v) is 4.68. The van der Waals surface area contributed by atoms with E-state index in [1.165, 1.54) is 12.0 Å². The largest absolute Gasteiger partial charge is 0.497 e. The maximum atomic E-state index is 5.48.